The fraction of sp³-hybridized carbons (Fsp3) is 0.933. The summed E-state index contributed by atoms with van der Waals surface area (Å²) >= 11 is 0. The molecule has 19 heavy (non-hydrogen) atoms. The fourth-order valence-electron chi connectivity index (χ4n) is 3.14. The molecule has 1 heterocycles. The summed E-state index contributed by atoms with van der Waals surface area (Å²) in [6.07, 6.45) is 8.39. The lowest BCUT2D eigenvalue weighted by molar-refractivity contribution is -0.121. The normalized spacial score (nSPS) is 29.7. The second-order valence-corrected chi connectivity index (χ2v) is 6.06. The lowest BCUT2D eigenvalue weighted by Crippen LogP contribution is -2.46. The molecule has 0 aromatic rings. The van der Waals surface area contributed by atoms with Gasteiger partial charge in [0.2, 0.25) is 5.91 Å². The topological polar surface area (TPSA) is 50.4 Å². The minimum absolute atomic E-state index is 0.142. The van der Waals surface area contributed by atoms with Gasteiger partial charge in [0.1, 0.15) is 0 Å². The van der Waals surface area contributed by atoms with E-state index in [2.05, 4.69) is 17.6 Å². The van der Waals surface area contributed by atoms with Gasteiger partial charge in [-0.25, -0.2) is 0 Å². The number of carbonyl (C=O) groups excluding carboxylic acids is 1. The Kier molecular flexibility index (Phi) is 6.11. The first-order valence-electron chi connectivity index (χ1n) is 7.86. The number of ether oxygens (including phenoxy) is 1. The minimum atomic E-state index is 0.142. The monoisotopic (exact) mass is 268 g/mol. The second-order valence-electron chi connectivity index (χ2n) is 6.06. The van der Waals surface area contributed by atoms with E-state index in [4.69, 9.17) is 4.74 Å². The van der Waals surface area contributed by atoms with Gasteiger partial charge in [-0.1, -0.05) is 26.2 Å². The van der Waals surface area contributed by atoms with E-state index in [9.17, 15) is 4.79 Å². The van der Waals surface area contributed by atoms with E-state index in [1.54, 1.807) is 0 Å². The average molecular weight is 268 g/mol. The maximum Gasteiger partial charge on any atom is 0.234 e. The Morgan fingerprint density at radius 2 is 1.84 bits per heavy atom. The minimum Gasteiger partial charge on any atom is -0.381 e. The van der Waals surface area contributed by atoms with Crippen LogP contribution in [0.1, 0.15) is 51.9 Å². The maximum atomic E-state index is 11.9. The van der Waals surface area contributed by atoms with Crippen molar-refractivity contribution in [2.24, 2.45) is 5.92 Å². The summed E-state index contributed by atoms with van der Waals surface area (Å²) in [5.74, 6) is 0.835. The number of hydrogen-bond donors (Lipinski definition) is 2. The molecule has 2 rings (SSSR count). The van der Waals surface area contributed by atoms with E-state index in [1.165, 1.54) is 32.1 Å². The van der Waals surface area contributed by atoms with Crippen LogP contribution in [0.4, 0.5) is 0 Å². The van der Waals surface area contributed by atoms with Gasteiger partial charge in [0.25, 0.3) is 0 Å². The third kappa shape index (κ3) is 5.11. The summed E-state index contributed by atoms with van der Waals surface area (Å²) < 4.78 is 5.30. The van der Waals surface area contributed by atoms with E-state index in [-0.39, 0.29) is 5.91 Å². The van der Waals surface area contributed by atoms with Gasteiger partial charge in [-0.2, -0.15) is 0 Å². The van der Waals surface area contributed by atoms with Crippen LogP contribution in [-0.2, 0) is 9.53 Å². The van der Waals surface area contributed by atoms with Gasteiger partial charge in [0, 0.05) is 25.3 Å². The summed E-state index contributed by atoms with van der Waals surface area (Å²) in [4.78, 5) is 11.9. The molecule has 4 nitrogen and oxygen atoms in total. The Morgan fingerprint density at radius 3 is 2.63 bits per heavy atom. The molecule has 2 aliphatic rings. The predicted octanol–water partition coefficient (Wildman–Crippen LogP) is 1.84. The molecule has 1 aliphatic heterocycles. The largest absolute Gasteiger partial charge is 0.381 e. The Labute approximate surface area is 116 Å². The zero-order valence-electron chi connectivity index (χ0n) is 12.1. The molecule has 2 unspecified atom stereocenters. The molecule has 0 aromatic carbocycles. The van der Waals surface area contributed by atoms with Crippen molar-refractivity contribution in [3.8, 4) is 0 Å². The third-order valence-corrected chi connectivity index (χ3v) is 4.47. The molecule has 1 amide bonds. The van der Waals surface area contributed by atoms with Crippen molar-refractivity contribution in [1.29, 1.82) is 0 Å². The molecule has 0 radical (unpaired) electrons. The Bertz CT molecular complexity index is 277. The first-order valence-corrected chi connectivity index (χ1v) is 7.86. The predicted molar refractivity (Wildman–Crippen MR) is 76.0 cm³/mol. The summed E-state index contributed by atoms with van der Waals surface area (Å²) in [6, 6.07) is 0.831. The standard InChI is InChI=1S/C15H28N2O2/c1-12-5-3-2-4-6-14(12)16-11-15(18)17-13-7-9-19-10-8-13/h12-14,16H,2-11H2,1H3,(H,17,18). The smallest absolute Gasteiger partial charge is 0.234 e. The lowest BCUT2D eigenvalue weighted by atomic mass is 9.97. The van der Waals surface area contributed by atoms with Crippen LogP contribution in [0.2, 0.25) is 0 Å². The van der Waals surface area contributed by atoms with E-state index in [1.807, 2.05) is 0 Å². The molecule has 1 saturated heterocycles. The summed E-state index contributed by atoms with van der Waals surface area (Å²) in [6.45, 7) is 4.32. The number of rotatable bonds is 4. The molecule has 0 spiro atoms. The van der Waals surface area contributed by atoms with Gasteiger partial charge in [-0.3, -0.25) is 4.79 Å². The molecule has 2 fully saturated rings. The molecule has 2 atom stereocenters. The van der Waals surface area contributed by atoms with Gasteiger partial charge in [0.05, 0.1) is 6.54 Å². The first kappa shape index (κ1) is 14.8. The van der Waals surface area contributed by atoms with Crippen molar-refractivity contribution in [3.63, 3.8) is 0 Å². The number of amides is 1. The highest BCUT2D eigenvalue weighted by Crippen LogP contribution is 2.22. The van der Waals surface area contributed by atoms with Crippen LogP contribution >= 0.6 is 0 Å². The number of nitrogens with one attached hydrogen (secondary N) is 2. The third-order valence-electron chi connectivity index (χ3n) is 4.47. The Morgan fingerprint density at radius 1 is 1.11 bits per heavy atom. The van der Waals surface area contributed by atoms with Gasteiger partial charge in [-0.15, -0.1) is 0 Å². The molecular weight excluding hydrogens is 240 g/mol. The molecule has 2 N–H and O–H groups in total. The van der Waals surface area contributed by atoms with Gasteiger partial charge in [0.15, 0.2) is 0 Å². The maximum absolute atomic E-state index is 11.9. The molecule has 4 heteroatoms. The quantitative estimate of drug-likeness (QED) is 0.765. The van der Waals surface area contributed by atoms with E-state index >= 15 is 0 Å². The van der Waals surface area contributed by atoms with Gasteiger partial charge >= 0.3 is 0 Å². The van der Waals surface area contributed by atoms with Crippen molar-refractivity contribution < 1.29 is 9.53 Å². The molecule has 110 valence electrons. The van der Waals surface area contributed by atoms with E-state index < -0.39 is 0 Å². The molecular formula is C15H28N2O2. The zero-order chi connectivity index (χ0) is 13.5. The van der Waals surface area contributed by atoms with Crippen LogP contribution in [0.5, 0.6) is 0 Å². The summed E-state index contributed by atoms with van der Waals surface area (Å²) in [5, 5.41) is 6.56. The van der Waals surface area contributed by atoms with E-state index in [0.29, 0.717) is 24.5 Å². The van der Waals surface area contributed by atoms with Crippen LogP contribution in [0.3, 0.4) is 0 Å². The average Bonchev–Trinajstić information content (AvgIpc) is 2.62. The van der Waals surface area contributed by atoms with Crippen LogP contribution in [-0.4, -0.2) is 37.7 Å². The highest BCUT2D eigenvalue weighted by molar-refractivity contribution is 5.78. The fourth-order valence-corrected chi connectivity index (χ4v) is 3.14. The number of hydrogen-bond acceptors (Lipinski definition) is 3. The highest BCUT2D eigenvalue weighted by Gasteiger charge is 2.21. The molecule has 0 aromatic heterocycles. The Hall–Kier alpha value is -0.610. The highest BCUT2D eigenvalue weighted by atomic mass is 16.5. The van der Waals surface area contributed by atoms with Gasteiger partial charge < -0.3 is 15.4 Å². The first-order chi connectivity index (χ1) is 9.25. The van der Waals surface area contributed by atoms with Crippen molar-refractivity contribution in [1.82, 2.24) is 10.6 Å². The molecule has 1 aliphatic carbocycles. The zero-order valence-corrected chi connectivity index (χ0v) is 12.1. The van der Waals surface area contributed by atoms with Crippen molar-refractivity contribution in [3.05, 3.63) is 0 Å². The van der Waals surface area contributed by atoms with Crippen molar-refractivity contribution in [2.45, 2.75) is 64.0 Å². The number of carbonyl (C=O) groups is 1. The van der Waals surface area contributed by atoms with Crippen LogP contribution in [0.15, 0.2) is 0 Å². The van der Waals surface area contributed by atoms with Crippen LogP contribution in [0, 0.1) is 5.92 Å². The molecule has 0 bridgehead atoms. The second kappa shape index (κ2) is 7.85. The molecule has 1 saturated carbocycles. The van der Waals surface area contributed by atoms with Crippen LogP contribution < -0.4 is 10.6 Å². The van der Waals surface area contributed by atoms with E-state index in [0.717, 1.165) is 26.1 Å². The van der Waals surface area contributed by atoms with Crippen LogP contribution in [0.25, 0.3) is 0 Å². The van der Waals surface area contributed by atoms with Crippen molar-refractivity contribution in [2.75, 3.05) is 19.8 Å². The summed E-state index contributed by atoms with van der Waals surface area (Å²) in [7, 11) is 0. The van der Waals surface area contributed by atoms with Gasteiger partial charge in [-0.05, 0) is 31.6 Å². The lowest BCUT2D eigenvalue weighted by Gasteiger charge is -2.25. The Balaban J connectivity index is 1.67. The summed E-state index contributed by atoms with van der Waals surface area (Å²) in [5.41, 5.74) is 0. The SMILES string of the molecule is CC1CCCCCC1NCC(=O)NC1CCOCC1. The van der Waals surface area contributed by atoms with Crippen molar-refractivity contribution >= 4 is 5.91 Å².